The van der Waals surface area contributed by atoms with E-state index in [4.69, 9.17) is 5.73 Å². The molecule has 2 aromatic heterocycles. The highest BCUT2D eigenvalue weighted by atomic mass is 32.2. The Bertz CT molecular complexity index is 1990. The van der Waals surface area contributed by atoms with Crippen molar-refractivity contribution < 1.29 is 13.2 Å². The van der Waals surface area contributed by atoms with Gasteiger partial charge in [-0.2, -0.15) is 4.98 Å². The molecular weight excluding hydrogens is 677 g/mol. The fourth-order valence-electron chi connectivity index (χ4n) is 6.19. The molecule has 13 heteroatoms. The molecule has 4 heterocycles. The molecule has 1 amide bonds. The highest BCUT2D eigenvalue weighted by molar-refractivity contribution is 7.91. The quantitative estimate of drug-likeness (QED) is 0.198. The van der Waals surface area contributed by atoms with Crippen LogP contribution >= 0.6 is 0 Å². The number of carbonyl (C=O) groups is 1. The summed E-state index contributed by atoms with van der Waals surface area (Å²) in [5.41, 5.74) is 11.7. The Morgan fingerprint density at radius 2 is 1.58 bits per heavy atom. The summed E-state index contributed by atoms with van der Waals surface area (Å²) >= 11 is 0. The van der Waals surface area contributed by atoms with Gasteiger partial charge in [0.15, 0.2) is 9.84 Å². The summed E-state index contributed by atoms with van der Waals surface area (Å²) < 4.78 is 24.9. The molecule has 12 nitrogen and oxygen atoms in total. The predicted octanol–water partition coefficient (Wildman–Crippen LogP) is 3.71. The number of aromatic amines is 1. The van der Waals surface area contributed by atoms with E-state index in [2.05, 4.69) is 79.2 Å². The second kappa shape index (κ2) is 16.3. The highest BCUT2D eigenvalue weighted by Crippen LogP contribution is 2.30. The normalized spacial score (nSPS) is 16.4. The monoisotopic (exact) mass is 732 g/mol. The Hall–Kier alpha value is -4.04. The van der Waals surface area contributed by atoms with E-state index in [1.165, 1.54) is 5.56 Å². The number of nitrogens with two attached hydrogens (primary N) is 1. The molecule has 0 radical (unpaired) electrons. The SMILES string of the molecule is CC(C)(C)c1cc(C(=O)N2CCS(=O)(=O)CC2)cc(N2CCNCC2)c1.CC(C)(C)c1cc2cn(-c3ccc(CNCCCN)cc3)c(=O)nc2[nH]1. The summed E-state index contributed by atoms with van der Waals surface area (Å²) in [6.07, 6.45) is 2.82. The zero-order valence-electron chi connectivity index (χ0n) is 31.6. The van der Waals surface area contributed by atoms with Gasteiger partial charge < -0.3 is 31.2 Å². The number of nitrogens with zero attached hydrogens (tertiary/aromatic N) is 4. The number of amides is 1. The Morgan fingerprint density at radius 3 is 2.19 bits per heavy atom. The lowest BCUT2D eigenvalue weighted by atomic mass is 9.85. The molecule has 2 fully saturated rings. The third-order valence-electron chi connectivity index (χ3n) is 9.56. The Labute approximate surface area is 308 Å². The third-order valence-corrected chi connectivity index (χ3v) is 11.2. The number of piperazine rings is 1. The van der Waals surface area contributed by atoms with E-state index in [9.17, 15) is 18.0 Å². The van der Waals surface area contributed by atoms with Crippen molar-refractivity contribution in [3.63, 3.8) is 0 Å². The van der Waals surface area contributed by atoms with Crippen molar-refractivity contribution in [2.45, 2.75) is 65.3 Å². The van der Waals surface area contributed by atoms with Gasteiger partial charge in [0, 0.05) is 79.8 Å². The first-order valence-electron chi connectivity index (χ1n) is 18.3. The van der Waals surface area contributed by atoms with Crippen molar-refractivity contribution in [3.05, 3.63) is 87.6 Å². The summed E-state index contributed by atoms with van der Waals surface area (Å²) in [6.45, 7) is 19.5. The number of rotatable bonds is 8. The van der Waals surface area contributed by atoms with Gasteiger partial charge >= 0.3 is 5.69 Å². The lowest BCUT2D eigenvalue weighted by molar-refractivity contribution is 0.0770. The van der Waals surface area contributed by atoms with Crippen LogP contribution in [0.25, 0.3) is 16.7 Å². The standard InChI is InChI=1S/C20H27N5O.C19H29N3O3S/c1-20(2,3)17-11-15-13-25(19(26)24-18(15)23-17)16-7-5-14(6-8-16)12-22-10-4-9-21;1-19(2,3)16-12-15(13-17(14-16)21-6-4-20-5-7-21)18(23)22-8-10-26(24,25)11-9-22/h5-8,11,13,22H,4,9-10,12,21H2,1-3H3,(H,23,24,26);12-14,20H,4-11H2,1-3H3. The van der Waals surface area contributed by atoms with Crippen LogP contribution in [0.2, 0.25) is 0 Å². The fraction of sp³-hybridized carbons (Fsp3) is 0.513. The van der Waals surface area contributed by atoms with E-state index < -0.39 is 9.84 Å². The van der Waals surface area contributed by atoms with Crippen molar-refractivity contribution in [1.82, 2.24) is 30.1 Å². The molecule has 0 aliphatic carbocycles. The molecule has 0 atom stereocenters. The molecule has 0 spiro atoms. The average molecular weight is 733 g/mol. The van der Waals surface area contributed by atoms with E-state index in [1.54, 1.807) is 9.47 Å². The van der Waals surface area contributed by atoms with Gasteiger partial charge in [-0.15, -0.1) is 0 Å². The number of nitrogens with one attached hydrogen (secondary N) is 3. The fourth-order valence-corrected chi connectivity index (χ4v) is 7.39. The number of H-pyrrole nitrogens is 1. The van der Waals surface area contributed by atoms with Crippen molar-refractivity contribution >= 4 is 32.5 Å². The molecule has 2 aromatic carbocycles. The molecular formula is C39H56N8O4S. The predicted molar refractivity (Wildman–Crippen MR) is 211 cm³/mol. The van der Waals surface area contributed by atoms with Crippen LogP contribution in [0.4, 0.5) is 5.69 Å². The Balaban J connectivity index is 0.000000201. The number of benzene rings is 2. The Kier molecular flexibility index (Phi) is 12.3. The largest absolute Gasteiger partial charge is 0.369 e. The van der Waals surface area contributed by atoms with Crippen molar-refractivity contribution in [2.75, 3.05) is 68.8 Å². The minimum absolute atomic E-state index is 0.0207. The number of sulfone groups is 1. The van der Waals surface area contributed by atoms with Crippen LogP contribution in [0.3, 0.4) is 0 Å². The van der Waals surface area contributed by atoms with Gasteiger partial charge in [-0.25, -0.2) is 13.2 Å². The number of hydrogen-bond acceptors (Lipinski definition) is 9. The van der Waals surface area contributed by atoms with E-state index in [0.29, 0.717) is 17.8 Å². The maximum absolute atomic E-state index is 13.0. The maximum atomic E-state index is 13.0. The highest BCUT2D eigenvalue weighted by Gasteiger charge is 2.28. The van der Waals surface area contributed by atoms with E-state index >= 15 is 0 Å². The van der Waals surface area contributed by atoms with Gasteiger partial charge in [-0.1, -0.05) is 53.7 Å². The number of hydrogen-bond donors (Lipinski definition) is 4. The molecule has 282 valence electrons. The van der Waals surface area contributed by atoms with Crippen LogP contribution < -0.4 is 27.0 Å². The number of carbonyl (C=O) groups excluding carboxylic acids is 1. The first-order chi connectivity index (χ1) is 24.5. The van der Waals surface area contributed by atoms with Crippen LogP contribution in [0, 0.1) is 0 Å². The molecule has 2 aliphatic heterocycles. The lowest BCUT2D eigenvalue weighted by Gasteiger charge is -2.32. The summed E-state index contributed by atoms with van der Waals surface area (Å²) in [6, 6.07) is 16.1. The van der Waals surface area contributed by atoms with E-state index in [-0.39, 0.29) is 47.0 Å². The van der Waals surface area contributed by atoms with Gasteiger partial charge in [-0.05, 0) is 72.5 Å². The lowest BCUT2D eigenvalue weighted by Crippen LogP contribution is -2.44. The zero-order chi connectivity index (χ0) is 37.7. The molecule has 0 bridgehead atoms. The Morgan fingerprint density at radius 1 is 0.904 bits per heavy atom. The number of fused-ring (bicyclic) bond motifs is 1. The second-order valence-electron chi connectivity index (χ2n) is 15.8. The first-order valence-corrected chi connectivity index (χ1v) is 20.1. The zero-order valence-corrected chi connectivity index (χ0v) is 32.4. The minimum Gasteiger partial charge on any atom is -0.369 e. The van der Waals surface area contributed by atoms with Crippen LogP contribution in [0.1, 0.15) is 75.1 Å². The van der Waals surface area contributed by atoms with Gasteiger partial charge in [0.25, 0.3) is 5.91 Å². The molecule has 2 saturated heterocycles. The van der Waals surface area contributed by atoms with Crippen LogP contribution in [0.15, 0.2) is 59.5 Å². The van der Waals surface area contributed by atoms with E-state index in [1.807, 2.05) is 42.6 Å². The second-order valence-corrected chi connectivity index (χ2v) is 18.1. The molecule has 6 rings (SSSR count). The summed E-state index contributed by atoms with van der Waals surface area (Å²) in [7, 11) is -3.00. The minimum atomic E-state index is -3.00. The van der Waals surface area contributed by atoms with Crippen LogP contribution in [0.5, 0.6) is 0 Å². The molecule has 0 saturated carbocycles. The van der Waals surface area contributed by atoms with Gasteiger partial charge in [0.05, 0.1) is 17.2 Å². The summed E-state index contributed by atoms with van der Waals surface area (Å²) in [5, 5.41) is 7.63. The van der Waals surface area contributed by atoms with Crippen LogP contribution in [-0.4, -0.2) is 97.6 Å². The smallest absolute Gasteiger partial charge is 0.354 e. The van der Waals surface area contributed by atoms with Crippen molar-refractivity contribution in [2.24, 2.45) is 5.73 Å². The summed E-state index contributed by atoms with van der Waals surface area (Å²) in [4.78, 5) is 36.9. The number of aromatic nitrogens is 3. The topological polar surface area (TPSA) is 158 Å². The first kappa shape index (κ1) is 39.2. The molecule has 4 aromatic rings. The average Bonchev–Trinajstić information content (AvgIpc) is 3.54. The van der Waals surface area contributed by atoms with Gasteiger partial charge in [0.1, 0.15) is 5.65 Å². The summed E-state index contributed by atoms with van der Waals surface area (Å²) in [5.74, 6) is 0.0485. The van der Waals surface area contributed by atoms with Crippen molar-refractivity contribution in [3.8, 4) is 5.69 Å². The maximum Gasteiger partial charge on any atom is 0.354 e. The molecule has 2 aliphatic rings. The van der Waals surface area contributed by atoms with Crippen molar-refractivity contribution in [1.29, 1.82) is 0 Å². The van der Waals surface area contributed by atoms with E-state index in [0.717, 1.165) is 73.7 Å². The molecule has 52 heavy (non-hydrogen) atoms. The molecule has 0 unspecified atom stereocenters. The third kappa shape index (κ3) is 10.1. The van der Waals surface area contributed by atoms with Gasteiger partial charge in [0.2, 0.25) is 0 Å². The van der Waals surface area contributed by atoms with Crippen LogP contribution in [-0.2, 0) is 27.2 Å². The molecule has 5 N–H and O–H groups in total. The number of anilines is 1. The van der Waals surface area contributed by atoms with Gasteiger partial charge in [-0.3, -0.25) is 9.36 Å².